The van der Waals surface area contributed by atoms with Crippen LogP contribution in [0.25, 0.3) is 0 Å². The van der Waals surface area contributed by atoms with Crippen LogP contribution in [0.5, 0.6) is 5.75 Å². The van der Waals surface area contributed by atoms with Crippen molar-refractivity contribution in [2.75, 3.05) is 52.9 Å². The number of amides is 2. The van der Waals surface area contributed by atoms with Gasteiger partial charge in [-0.1, -0.05) is 18.2 Å². The Hall–Kier alpha value is -3.07. The maximum absolute atomic E-state index is 13.2. The molecule has 2 aromatic rings. The van der Waals surface area contributed by atoms with E-state index in [0.29, 0.717) is 52.0 Å². The second kappa shape index (κ2) is 10.9. The first kappa shape index (κ1) is 26.0. The van der Waals surface area contributed by atoms with Crippen LogP contribution in [0.1, 0.15) is 35.2 Å². The van der Waals surface area contributed by atoms with Crippen molar-refractivity contribution in [3.63, 3.8) is 0 Å². The summed E-state index contributed by atoms with van der Waals surface area (Å²) in [5.41, 5.74) is -0.977. The molecule has 0 spiro atoms. The molecular formula is C27H32F3N3O3. The standard InChI is InChI=1S/C27H32F3N3O3/c1-31-15-17-32(18-16-31)24(34)19-26(20-36-23-5-3-2-4-6-23)11-13-33(14-12-26)25(35)21-7-9-22(10-8-21)27(28,29)30/h2-10H,11-20H2,1H3. The molecule has 6 nitrogen and oxygen atoms in total. The van der Waals surface area contributed by atoms with Crippen LogP contribution in [0.2, 0.25) is 0 Å². The third-order valence-electron chi connectivity index (χ3n) is 7.24. The second-order valence-electron chi connectivity index (χ2n) is 9.83. The van der Waals surface area contributed by atoms with E-state index in [2.05, 4.69) is 4.90 Å². The highest BCUT2D eigenvalue weighted by molar-refractivity contribution is 5.94. The maximum atomic E-state index is 13.2. The van der Waals surface area contributed by atoms with E-state index in [1.807, 2.05) is 42.3 Å². The van der Waals surface area contributed by atoms with Crippen LogP contribution >= 0.6 is 0 Å². The number of likely N-dealkylation sites (N-methyl/N-ethyl adjacent to an activating group) is 1. The number of para-hydroxylation sites is 1. The fourth-order valence-electron chi connectivity index (χ4n) is 4.78. The van der Waals surface area contributed by atoms with Gasteiger partial charge >= 0.3 is 6.18 Å². The summed E-state index contributed by atoms with van der Waals surface area (Å²) in [4.78, 5) is 32.0. The molecule has 2 heterocycles. The van der Waals surface area contributed by atoms with Crippen molar-refractivity contribution in [3.05, 3.63) is 65.7 Å². The van der Waals surface area contributed by atoms with Crippen molar-refractivity contribution in [2.45, 2.75) is 25.4 Å². The maximum Gasteiger partial charge on any atom is 0.416 e. The van der Waals surface area contributed by atoms with Gasteiger partial charge < -0.3 is 19.4 Å². The van der Waals surface area contributed by atoms with E-state index in [1.54, 1.807) is 4.90 Å². The van der Waals surface area contributed by atoms with Gasteiger partial charge in [0, 0.05) is 56.7 Å². The molecular weight excluding hydrogens is 471 g/mol. The smallest absolute Gasteiger partial charge is 0.416 e. The molecule has 0 saturated carbocycles. The van der Waals surface area contributed by atoms with Crippen LogP contribution in [-0.4, -0.2) is 79.4 Å². The van der Waals surface area contributed by atoms with Crippen LogP contribution < -0.4 is 4.74 Å². The summed E-state index contributed by atoms with van der Waals surface area (Å²) in [7, 11) is 2.04. The number of alkyl halides is 3. The largest absolute Gasteiger partial charge is 0.493 e. The molecule has 0 atom stereocenters. The molecule has 2 saturated heterocycles. The Morgan fingerprint density at radius 2 is 1.47 bits per heavy atom. The Morgan fingerprint density at radius 3 is 2.06 bits per heavy atom. The minimum absolute atomic E-state index is 0.0993. The summed E-state index contributed by atoms with van der Waals surface area (Å²) in [6.45, 7) is 4.26. The molecule has 194 valence electrons. The lowest BCUT2D eigenvalue weighted by Gasteiger charge is -2.42. The van der Waals surface area contributed by atoms with Gasteiger partial charge in [-0.3, -0.25) is 9.59 Å². The Balaban J connectivity index is 1.43. The van der Waals surface area contributed by atoms with Crippen molar-refractivity contribution >= 4 is 11.8 Å². The molecule has 4 rings (SSSR count). The summed E-state index contributed by atoms with van der Waals surface area (Å²) in [6, 6.07) is 13.8. The number of carbonyl (C=O) groups excluding carboxylic acids is 2. The van der Waals surface area contributed by atoms with Crippen LogP contribution in [0.4, 0.5) is 13.2 Å². The molecule has 9 heteroatoms. The average Bonchev–Trinajstić information content (AvgIpc) is 2.88. The summed E-state index contributed by atoms with van der Waals surface area (Å²) < 4.78 is 44.7. The van der Waals surface area contributed by atoms with Crippen molar-refractivity contribution in [1.82, 2.24) is 14.7 Å². The van der Waals surface area contributed by atoms with Gasteiger partial charge in [0.05, 0.1) is 12.2 Å². The van der Waals surface area contributed by atoms with Crippen LogP contribution in [0.3, 0.4) is 0 Å². The molecule has 36 heavy (non-hydrogen) atoms. The van der Waals surface area contributed by atoms with Gasteiger partial charge in [0.15, 0.2) is 0 Å². The van der Waals surface area contributed by atoms with Crippen LogP contribution in [0.15, 0.2) is 54.6 Å². The van der Waals surface area contributed by atoms with Gasteiger partial charge in [0.2, 0.25) is 5.91 Å². The molecule has 2 aliphatic rings. The van der Waals surface area contributed by atoms with Gasteiger partial charge in [-0.15, -0.1) is 0 Å². The number of benzene rings is 2. The quantitative estimate of drug-likeness (QED) is 0.594. The summed E-state index contributed by atoms with van der Waals surface area (Å²) in [6.07, 6.45) is -2.95. The molecule has 0 radical (unpaired) electrons. The number of hydrogen-bond acceptors (Lipinski definition) is 4. The molecule has 0 bridgehead atoms. The van der Waals surface area contributed by atoms with E-state index in [4.69, 9.17) is 4.74 Å². The van der Waals surface area contributed by atoms with E-state index in [0.717, 1.165) is 31.0 Å². The number of hydrogen-bond donors (Lipinski definition) is 0. The van der Waals surface area contributed by atoms with Gasteiger partial charge in [-0.2, -0.15) is 13.2 Å². The summed E-state index contributed by atoms with van der Waals surface area (Å²) in [5, 5.41) is 0. The van der Waals surface area contributed by atoms with E-state index in [1.165, 1.54) is 12.1 Å². The number of halogens is 3. The predicted molar refractivity (Wildman–Crippen MR) is 130 cm³/mol. The van der Waals surface area contributed by atoms with Crippen LogP contribution in [0, 0.1) is 5.41 Å². The first-order valence-corrected chi connectivity index (χ1v) is 12.3. The topological polar surface area (TPSA) is 53.1 Å². The zero-order chi connectivity index (χ0) is 25.8. The highest BCUT2D eigenvalue weighted by Gasteiger charge is 2.40. The fourth-order valence-corrected chi connectivity index (χ4v) is 4.78. The first-order chi connectivity index (χ1) is 17.2. The number of piperidine rings is 1. The van der Waals surface area contributed by atoms with E-state index in [9.17, 15) is 22.8 Å². The monoisotopic (exact) mass is 503 g/mol. The Kier molecular flexibility index (Phi) is 7.88. The third kappa shape index (κ3) is 6.37. The minimum Gasteiger partial charge on any atom is -0.493 e. The molecule has 2 amide bonds. The second-order valence-corrected chi connectivity index (χ2v) is 9.83. The van der Waals surface area contributed by atoms with Crippen molar-refractivity contribution < 1.29 is 27.5 Å². The average molecular weight is 504 g/mol. The van der Waals surface area contributed by atoms with Crippen molar-refractivity contribution in [3.8, 4) is 5.75 Å². The highest BCUT2D eigenvalue weighted by atomic mass is 19.4. The normalized spacial score (nSPS) is 18.7. The van der Waals surface area contributed by atoms with Gasteiger partial charge in [0.25, 0.3) is 5.91 Å². The number of likely N-dealkylation sites (tertiary alicyclic amines) is 1. The fraction of sp³-hybridized carbons (Fsp3) is 0.481. The van der Waals surface area contributed by atoms with E-state index < -0.39 is 17.2 Å². The third-order valence-corrected chi connectivity index (χ3v) is 7.24. The Bertz CT molecular complexity index is 1030. The van der Waals surface area contributed by atoms with Gasteiger partial charge in [-0.25, -0.2) is 0 Å². The molecule has 2 aliphatic heterocycles. The molecule has 0 N–H and O–H groups in total. The lowest BCUT2D eigenvalue weighted by molar-refractivity contribution is -0.138. The number of ether oxygens (including phenoxy) is 1. The predicted octanol–water partition coefficient (Wildman–Crippen LogP) is 4.17. The molecule has 0 unspecified atom stereocenters. The lowest BCUT2D eigenvalue weighted by atomic mass is 9.75. The summed E-state index contributed by atoms with van der Waals surface area (Å²) in [5.74, 6) is 0.529. The van der Waals surface area contributed by atoms with E-state index in [-0.39, 0.29) is 17.4 Å². The Labute approximate surface area is 209 Å². The summed E-state index contributed by atoms with van der Waals surface area (Å²) >= 11 is 0. The lowest BCUT2D eigenvalue weighted by Crippen LogP contribution is -2.51. The molecule has 0 aromatic heterocycles. The SMILES string of the molecule is CN1CCN(C(=O)CC2(COc3ccccc3)CCN(C(=O)c3ccc(C(F)(F)F)cc3)CC2)CC1. The first-order valence-electron chi connectivity index (χ1n) is 12.3. The molecule has 2 aromatic carbocycles. The number of nitrogens with zero attached hydrogens (tertiary/aromatic N) is 3. The number of rotatable bonds is 6. The Morgan fingerprint density at radius 1 is 0.861 bits per heavy atom. The zero-order valence-corrected chi connectivity index (χ0v) is 20.5. The molecule has 0 aliphatic carbocycles. The number of carbonyl (C=O) groups is 2. The minimum atomic E-state index is -4.44. The molecule has 2 fully saturated rings. The van der Waals surface area contributed by atoms with Gasteiger partial charge in [0.1, 0.15) is 5.75 Å². The number of piperazine rings is 1. The van der Waals surface area contributed by atoms with Crippen molar-refractivity contribution in [2.24, 2.45) is 5.41 Å². The van der Waals surface area contributed by atoms with Crippen molar-refractivity contribution in [1.29, 1.82) is 0 Å². The van der Waals surface area contributed by atoms with E-state index >= 15 is 0 Å². The van der Waals surface area contributed by atoms with Gasteiger partial charge in [-0.05, 0) is 56.3 Å². The highest BCUT2D eigenvalue weighted by Crippen LogP contribution is 2.37. The van der Waals surface area contributed by atoms with Crippen LogP contribution in [-0.2, 0) is 11.0 Å². The zero-order valence-electron chi connectivity index (χ0n) is 20.5.